The number of benzene rings is 2. The van der Waals surface area contributed by atoms with Gasteiger partial charge >= 0.3 is 0 Å². The molecule has 2 aromatic carbocycles. The summed E-state index contributed by atoms with van der Waals surface area (Å²) in [5.74, 6) is 0. The van der Waals surface area contributed by atoms with Crippen molar-refractivity contribution in [2.75, 3.05) is 5.73 Å². The summed E-state index contributed by atoms with van der Waals surface area (Å²) in [6.07, 6.45) is 5.46. The summed E-state index contributed by atoms with van der Waals surface area (Å²) in [4.78, 5) is 8.81. The highest BCUT2D eigenvalue weighted by Gasteiger charge is 2.09. The molecule has 2 heterocycles. The molecule has 4 heteroatoms. The SMILES string of the molecule is Cn1ccc2ccc(-c3cc(N)cc4nccnc34)cc21. The molecule has 102 valence electrons. The van der Waals surface area contributed by atoms with Crippen LogP contribution in [0.2, 0.25) is 0 Å². The minimum absolute atomic E-state index is 0.699. The van der Waals surface area contributed by atoms with E-state index in [4.69, 9.17) is 5.73 Å². The second-order valence-corrected chi connectivity index (χ2v) is 5.19. The average molecular weight is 274 g/mol. The lowest BCUT2D eigenvalue weighted by molar-refractivity contribution is 0.969. The molecule has 2 aromatic heterocycles. The van der Waals surface area contributed by atoms with Crippen LogP contribution in [0.5, 0.6) is 0 Å². The van der Waals surface area contributed by atoms with Crippen LogP contribution in [-0.2, 0) is 7.05 Å². The van der Waals surface area contributed by atoms with Crippen molar-refractivity contribution >= 4 is 27.6 Å². The summed E-state index contributed by atoms with van der Waals surface area (Å²) in [6.45, 7) is 0. The third kappa shape index (κ3) is 1.84. The van der Waals surface area contributed by atoms with Crippen LogP contribution >= 0.6 is 0 Å². The summed E-state index contributed by atoms with van der Waals surface area (Å²) in [6, 6.07) is 12.3. The first kappa shape index (κ1) is 11.9. The molecule has 0 spiro atoms. The fraction of sp³-hybridized carbons (Fsp3) is 0.0588. The Bertz CT molecular complexity index is 969. The zero-order valence-electron chi connectivity index (χ0n) is 11.6. The number of nitrogen functional groups attached to an aromatic ring is 1. The van der Waals surface area contributed by atoms with E-state index >= 15 is 0 Å². The summed E-state index contributed by atoms with van der Waals surface area (Å²) in [5.41, 5.74) is 11.7. The molecule has 0 aliphatic carbocycles. The summed E-state index contributed by atoms with van der Waals surface area (Å²) >= 11 is 0. The van der Waals surface area contributed by atoms with Gasteiger partial charge < -0.3 is 10.3 Å². The minimum Gasteiger partial charge on any atom is -0.399 e. The van der Waals surface area contributed by atoms with Crippen LogP contribution in [-0.4, -0.2) is 14.5 Å². The standard InChI is InChI=1S/C17H14N4/c1-21-7-4-11-2-3-12(8-16(11)21)14-9-13(18)10-15-17(14)20-6-5-19-15/h2-10H,18H2,1H3. The third-order valence-electron chi connectivity index (χ3n) is 3.80. The number of fused-ring (bicyclic) bond motifs is 2. The first-order chi connectivity index (χ1) is 10.2. The second kappa shape index (κ2) is 4.31. The summed E-state index contributed by atoms with van der Waals surface area (Å²) in [5, 5.41) is 1.22. The Morgan fingerprint density at radius 2 is 1.86 bits per heavy atom. The lowest BCUT2D eigenvalue weighted by atomic mass is 10.0. The molecule has 4 aromatic rings. The van der Waals surface area contributed by atoms with E-state index in [2.05, 4.69) is 45.0 Å². The molecule has 0 amide bonds. The smallest absolute Gasteiger partial charge is 0.0966 e. The maximum absolute atomic E-state index is 6.01. The van der Waals surface area contributed by atoms with Crippen LogP contribution in [0, 0.1) is 0 Å². The van der Waals surface area contributed by atoms with E-state index in [1.165, 1.54) is 10.9 Å². The number of anilines is 1. The van der Waals surface area contributed by atoms with Gasteiger partial charge in [-0.25, -0.2) is 0 Å². The van der Waals surface area contributed by atoms with Crippen molar-refractivity contribution in [3.63, 3.8) is 0 Å². The molecule has 0 fully saturated rings. The lowest BCUT2D eigenvalue weighted by Gasteiger charge is -2.08. The van der Waals surface area contributed by atoms with Gasteiger partial charge in [0.15, 0.2) is 0 Å². The number of hydrogen-bond acceptors (Lipinski definition) is 3. The van der Waals surface area contributed by atoms with Gasteiger partial charge in [0.05, 0.1) is 11.0 Å². The molecule has 4 nitrogen and oxygen atoms in total. The van der Waals surface area contributed by atoms with Crippen molar-refractivity contribution in [3.8, 4) is 11.1 Å². The Morgan fingerprint density at radius 1 is 1.00 bits per heavy atom. The van der Waals surface area contributed by atoms with E-state index in [1.807, 2.05) is 19.2 Å². The number of aryl methyl sites for hydroxylation is 1. The lowest BCUT2D eigenvalue weighted by Crippen LogP contribution is -1.92. The zero-order valence-corrected chi connectivity index (χ0v) is 11.6. The molecular formula is C17H14N4. The largest absolute Gasteiger partial charge is 0.399 e. The van der Waals surface area contributed by atoms with Crippen molar-refractivity contribution in [2.24, 2.45) is 7.05 Å². The number of nitrogens with two attached hydrogens (primary N) is 1. The number of nitrogens with zero attached hydrogens (tertiary/aromatic N) is 3. The van der Waals surface area contributed by atoms with Gasteiger partial charge in [-0.3, -0.25) is 9.97 Å². The van der Waals surface area contributed by atoms with Crippen molar-refractivity contribution in [3.05, 3.63) is 55.0 Å². The average Bonchev–Trinajstić information content (AvgIpc) is 2.87. The van der Waals surface area contributed by atoms with Gasteiger partial charge in [-0.2, -0.15) is 0 Å². The highest BCUT2D eigenvalue weighted by molar-refractivity contribution is 5.96. The van der Waals surface area contributed by atoms with Gasteiger partial charge in [0.2, 0.25) is 0 Å². The van der Waals surface area contributed by atoms with Crippen LogP contribution < -0.4 is 5.73 Å². The third-order valence-corrected chi connectivity index (χ3v) is 3.80. The predicted octanol–water partition coefficient (Wildman–Crippen LogP) is 3.37. The quantitative estimate of drug-likeness (QED) is 0.541. The number of rotatable bonds is 1. The first-order valence-electron chi connectivity index (χ1n) is 6.78. The van der Waals surface area contributed by atoms with Crippen molar-refractivity contribution in [2.45, 2.75) is 0 Å². The topological polar surface area (TPSA) is 56.7 Å². The molecular weight excluding hydrogens is 260 g/mol. The molecule has 21 heavy (non-hydrogen) atoms. The Labute approximate surface area is 121 Å². The minimum atomic E-state index is 0.699. The maximum atomic E-state index is 6.01. The summed E-state index contributed by atoms with van der Waals surface area (Å²) in [7, 11) is 2.05. The van der Waals surface area contributed by atoms with E-state index in [9.17, 15) is 0 Å². The first-order valence-corrected chi connectivity index (χ1v) is 6.78. The van der Waals surface area contributed by atoms with E-state index in [-0.39, 0.29) is 0 Å². The van der Waals surface area contributed by atoms with Gasteiger partial charge in [0, 0.05) is 42.4 Å². The Kier molecular flexibility index (Phi) is 2.44. The van der Waals surface area contributed by atoms with E-state index < -0.39 is 0 Å². The highest BCUT2D eigenvalue weighted by Crippen LogP contribution is 2.31. The van der Waals surface area contributed by atoms with E-state index in [0.29, 0.717) is 5.69 Å². The second-order valence-electron chi connectivity index (χ2n) is 5.19. The van der Waals surface area contributed by atoms with Gasteiger partial charge in [0.25, 0.3) is 0 Å². The summed E-state index contributed by atoms with van der Waals surface area (Å²) < 4.78 is 2.11. The molecule has 0 saturated carbocycles. The van der Waals surface area contributed by atoms with Crippen molar-refractivity contribution in [1.82, 2.24) is 14.5 Å². The van der Waals surface area contributed by atoms with Crippen LogP contribution in [0.4, 0.5) is 5.69 Å². The van der Waals surface area contributed by atoms with Gasteiger partial charge in [-0.15, -0.1) is 0 Å². The van der Waals surface area contributed by atoms with E-state index in [1.54, 1.807) is 12.4 Å². The zero-order chi connectivity index (χ0) is 14.4. The Hall–Kier alpha value is -2.88. The van der Waals surface area contributed by atoms with Crippen LogP contribution in [0.3, 0.4) is 0 Å². The molecule has 0 unspecified atom stereocenters. The van der Waals surface area contributed by atoms with Crippen LogP contribution in [0.15, 0.2) is 55.0 Å². The fourth-order valence-corrected chi connectivity index (χ4v) is 2.75. The number of aromatic nitrogens is 3. The predicted molar refractivity (Wildman–Crippen MR) is 85.9 cm³/mol. The molecule has 0 aliphatic rings. The van der Waals surface area contributed by atoms with Gasteiger partial charge in [-0.05, 0) is 35.2 Å². The van der Waals surface area contributed by atoms with Crippen LogP contribution in [0.25, 0.3) is 33.1 Å². The molecule has 0 radical (unpaired) electrons. The van der Waals surface area contributed by atoms with Crippen molar-refractivity contribution < 1.29 is 0 Å². The van der Waals surface area contributed by atoms with E-state index in [0.717, 1.165) is 22.2 Å². The van der Waals surface area contributed by atoms with Crippen molar-refractivity contribution in [1.29, 1.82) is 0 Å². The fourth-order valence-electron chi connectivity index (χ4n) is 2.75. The molecule has 0 aliphatic heterocycles. The molecule has 4 rings (SSSR count). The molecule has 2 N–H and O–H groups in total. The monoisotopic (exact) mass is 274 g/mol. The van der Waals surface area contributed by atoms with Gasteiger partial charge in [-0.1, -0.05) is 12.1 Å². The van der Waals surface area contributed by atoms with Gasteiger partial charge in [0.1, 0.15) is 0 Å². The Morgan fingerprint density at radius 3 is 2.76 bits per heavy atom. The number of hydrogen-bond donors (Lipinski definition) is 1. The van der Waals surface area contributed by atoms with Crippen LogP contribution in [0.1, 0.15) is 0 Å². The maximum Gasteiger partial charge on any atom is 0.0966 e. The Balaban J connectivity index is 2.05. The normalized spacial score (nSPS) is 11.3. The molecule has 0 bridgehead atoms. The molecule has 0 atom stereocenters. The molecule has 0 saturated heterocycles. The highest BCUT2D eigenvalue weighted by atomic mass is 14.9.